The lowest BCUT2D eigenvalue weighted by Crippen LogP contribution is -2.28. The quantitative estimate of drug-likeness (QED) is 0.183. The van der Waals surface area contributed by atoms with Crippen molar-refractivity contribution < 1.29 is 4.42 Å². The highest BCUT2D eigenvalue weighted by Crippen LogP contribution is 2.59. The Morgan fingerprint density at radius 2 is 1.05 bits per heavy atom. The van der Waals surface area contributed by atoms with Crippen LogP contribution in [-0.4, -0.2) is 14.5 Å². The number of aromatic nitrogens is 3. The normalized spacial score (nSPS) is 13.2. The van der Waals surface area contributed by atoms with Crippen LogP contribution in [0, 0.1) is 0 Å². The van der Waals surface area contributed by atoms with E-state index in [1.807, 2.05) is 12.1 Å². The maximum atomic E-state index is 6.55. The second kappa shape index (κ2) is 11.3. The average molecular weight is 702 g/mol. The molecule has 11 aromatic rings. The molecule has 1 aliphatic rings. The molecule has 3 aromatic heterocycles. The molecule has 4 heteroatoms. The van der Waals surface area contributed by atoms with Gasteiger partial charge in [-0.15, -0.1) is 0 Å². The third kappa shape index (κ3) is 4.05. The number of nitrogens with zero attached hydrogens (tertiary/aromatic N) is 3. The Morgan fingerprint density at radius 3 is 1.84 bits per heavy atom. The lowest BCUT2D eigenvalue weighted by atomic mass is 9.67. The van der Waals surface area contributed by atoms with E-state index in [-0.39, 0.29) is 0 Å². The molecule has 3 heterocycles. The number of para-hydroxylation sites is 2. The molecular formula is C51H31N3O. The smallest absolute Gasteiger partial charge is 0.235 e. The molecule has 256 valence electrons. The predicted octanol–water partition coefficient (Wildman–Crippen LogP) is 12.7. The Balaban J connectivity index is 1.32. The first-order chi connectivity index (χ1) is 27.3. The highest BCUT2D eigenvalue weighted by molar-refractivity contribution is 6.26. The Bertz CT molecular complexity index is 3270. The van der Waals surface area contributed by atoms with Gasteiger partial charge in [-0.3, -0.25) is 4.57 Å². The molecule has 0 amide bonds. The fraction of sp³-hybridized carbons (Fsp3) is 0.0196. The molecule has 4 nitrogen and oxygen atoms in total. The summed E-state index contributed by atoms with van der Waals surface area (Å²) >= 11 is 0. The largest absolute Gasteiger partial charge is 0.456 e. The SMILES string of the molecule is c1ccc(-c2nc(-n3c4c5c(ccc4c4ccc6oc7ccccc7c6c43)C(c3ccccc3)(c3ccccc3)c3ccccc3-5)nc3ccccc23)cc1. The molecule has 0 atom stereocenters. The van der Waals surface area contributed by atoms with Crippen molar-refractivity contribution in [1.29, 1.82) is 0 Å². The molecule has 8 aromatic carbocycles. The zero-order valence-electron chi connectivity index (χ0n) is 29.6. The summed E-state index contributed by atoms with van der Waals surface area (Å²) in [7, 11) is 0. The molecule has 0 fully saturated rings. The van der Waals surface area contributed by atoms with Gasteiger partial charge >= 0.3 is 0 Å². The van der Waals surface area contributed by atoms with Gasteiger partial charge in [0.05, 0.1) is 33.0 Å². The molecule has 0 N–H and O–H groups in total. The number of furan rings is 1. The van der Waals surface area contributed by atoms with Gasteiger partial charge in [0.2, 0.25) is 5.95 Å². The molecule has 0 saturated heterocycles. The van der Waals surface area contributed by atoms with Crippen molar-refractivity contribution >= 4 is 54.6 Å². The molecule has 12 rings (SSSR count). The van der Waals surface area contributed by atoms with Crippen molar-refractivity contribution in [3.8, 4) is 28.3 Å². The third-order valence-corrected chi connectivity index (χ3v) is 11.7. The van der Waals surface area contributed by atoms with Gasteiger partial charge in [0.25, 0.3) is 0 Å². The standard InChI is InChI=1S/C51H31N3O/c1-4-16-32(17-5-1)47-38-23-11-14-26-42(38)52-50(53-47)54-48-35(36-29-31-44-46(49(36)54)39-24-12-15-27-43(39)55-44)28-30-41-45(48)37-22-10-13-25-40(37)51(41,33-18-6-2-7-19-33)34-20-8-3-9-21-34/h1-31H. The predicted molar refractivity (Wildman–Crippen MR) is 224 cm³/mol. The lowest BCUT2D eigenvalue weighted by Gasteiger charge is -2.33. The van der Waals surface area contributed by atoms with E-state index >= 15 is 0 Å². The molecule has 0 spiro atoms. The van der Waals surface area contributed by atoms with Gasteiger partial charge in [0.1, 0.15) is 11.2 Å². The molecule has 0 unspecified atom stereocenters. The Kier molecular flexibility index (Phi) is 6.23. The van der Waals surface area contributed by atoms with E-state index in [4.69, 9.17) is 14.4 Å². The molecular weight excluding hydrogens is 671 g/mol. The van der Waals surface area contributed by atoms with Crippen LogP contribution in [0.15, 0.2) is 192 Å². The van der Waals surface area contributed by atoms with E-state index in [0.29, 0.717) is 5.95 Å². The van der Waals surface area contributed by atoms with E-state index in [1.165, 1.54) is 33.4 Å². The van der Waals surface area contributed by atoms with Gasteiger partial charge in [-0.05, 0) is 52.1 Å². The fourth-order valence-electron chi connectivity index (χ4n) is 9.50. The second-order valence-electron chi connectivity index (χ2n) is 14.4. The number of benzene rings is 8. The Hall–Kier alpha value is -7.30. The molecule has 55 heavy (non-hydrogen) atoms. The summed E-state index contributed by atoms with van der Waals surface area (Å²) in [6.45, 7) is 0. The van der Waals surface area contributed by atoms with Crippen LogP contribution >= 0.6 is 0 Å². The molecule has 0 radical (unpaired) electrons. The fourth-order valence-corrected chi connectivity index (χ4v) is 9.50. The van der Waals surface area contributed by atoms with Crippen LogP contribution in [0.2, 0.25) is 0 Å². The summed E-state index contributed by atoms with van der Waals surface area (Å²) in [4.78, 5) is 11.0. The minimum atomic E-state index is -0.555. The van der Waals surface area contributed by atoms with Crippen molar-refractivity contribution in [2.24, 2.45) is 0 Å². The van der Waals surface area contributed by atoms with Crippen molar-refractivity contribution in [2.75, 3.05) is 0 Å². The summed E-state index contributed by atoms with van der Waals surface area (Å²) in [5, 5.41) is 5.41. The summed E-state index contributed by atoms with van der Waals surface area (Å²) in [5.41, 5.74) is 13.4. The first-order valence-corrected chi connectivity index (χ1v) is 18.8. The first-order valence-electron chi connectivity index (χ1n) is 18.8. The van der Waals surface area contributed by atoms with E-state index in [0.717, 1.165) is 65.9 Å². The van der Waals surface area contributed by atoms with Crippen LogP contribution in [0.5, 0.6) is 0 Å². The average Bonchev–Trinajstić information content (AvgIpc) is 3.90. The van der Waals surface area contributed by atoms with Crippen LogP contribution in [0.4, 0.5) is 0 Å². The van der Waals surface area contributed by atoms with E-state index in [1.54, 1.807) is 0 Å². The van der Waals surface area contributed by atoms with E-state index in [9.17, 15) is 0 Å². The van der Waals surface area contributed by atoms with Gasteiger partial charge < -0.3 is 4.42 Å². The van der Waals surface area contributed by atoms with Crippen LogP contribution in [0.3, 0.4) is 0 Å². The zero-order chi connectivity index (χ0) is 36.1. The lowest BCUT2D eigenvalue weighted by molar-refractivity contribution is 0.669. The summed E-state index contributed by atoms with van der Waals surface area (Å²) in [6.07, 6.45) is 0. The van der Waals surface area contributed by atoms with Gasteiger partial charge in [-0.2, -0.15) is 0 Å². The van der Waals surface area contributed by atoms with E-state index < -0.39 is 5.41 Å². The summed E-state index contributed by atoms with van der Waals surface area (Å²) in [5.74, 6) is 0.623. The van der Waals surface area contributed by atoms with Gasteiger partial charge in [-0.25, -0.2) is 9.97 Å². The van der Waals surface area contributed by atoms with Crippen LogP contribution in [0.1, 0.15) is 22.3 Å². The van der Waals surface area contributed by atoms with Crippen LogP contribution < -0.4 is 0 Å². The highest BCUT2D eigenvalue weighted by atomic mass is 16.3. The number of fused-ring (bicyclic) bond motifs is 12. The van der Waals surface area contributed by atoms with Crippen molar-refractivity contribution in [3.05, 3.63) is 210 Å². The van der Waals surface area contributed by atoms with Gasteiger partial charge in [0, 0.05) is 32.7 Å². The molecule has 0 bridgehead atoms. The number of rotatable bonds is 4. The second-order valence-corrected chi connectivity index (χ2v) is 14.4. The zero-order valence-corrected chi connectivity index (χ0v) is 29.6. The number of hydrogen-bond acceptors (Lipinski definition) is 3. The van der Waals surface area contributed by atoms with Crippen molar-refractivity contribution in [1.82, 2.24) is 14.5 Å². The molecule has 1 aliphatic carbocycles. The monoisotopic (exact) mass is 701 g/mol. The Labute approximate surface area is 316 Å². The van der Waals surface area contributed by atoms with Crippen molar-refractivity contribution in [2.45, 2.75) is 5.41 Å². The topological polar surface area (TPSA) is 43.9 Å². The first kappa shape index (κ1) is 30.2. The minimum absolute atomic E-state index is 0.555. The summed E-state index contributed by atoms with van der Waals surface area (Å²) in [6, 6.07) is 67.1. The van der Waals surface area contributed by atoms with Crippen LogP contribution in [0.25, 0.3) is 83.0 Å². The molecule has 0 aliphatic heterocycles. The maximum Gasteiger partial charge on any atom is 0.235 e. The summed E-state index contributed by atoms with van der Waals surface area (Å²) < 4.78 is 8.90. The maximum absolute atomic E-state index is 6.55. The van der Waals surface area contributed by atoms with Gasteiger partial charge in [-0.1, -0.05) is 164 Å². The van der Waals surface area contributed by atoms with Crippen LogP contribution in [-0.2, 0) is 5.41 Å². The number of hydrogen-bond donors (Lipinski definition) is 0. The highest BCUT2D eigenvalue weighted by Gasteiger charge is 2.47. The third-order valence-electron chi connectivity index (χ3n) is 11.7. The Morgan fingerprint density at radius 1 is 0.436 bits per heavy atom. The van der Waals surface area contributed by atoms with Crippen molar-refractivity contribution in [3.63, 3.8) is 0 Å². The minimum Gasteiger partial charge on any atom is -0.456 e. The van der Waals surface area contributed by atoms with Gasteiger partial charge in [0.15, 0.2) is 0 Å². The van der Waals surface area contributed by atoms with E-state index in [2.05, 4.69) is 180 Å². The molecule has 0 saturated carbocycles.